The molecule has 0 atom stereocenters. The van der Waals surface area contributed by atoms with E-state index in [1.54, 1.807) is 29.8 Å². The second kappa shape index (κ2) is 8.91. The van der Waals surface area contributed by atoms with E-state index in [0.717, 1.165) is 51.2 Å². The molecule has 0 saturated heterocycles. The van der Waals surface area contributed by atoms with Crippen molar-refractivity contribution in [2.45, 2.75) is 0 Å². The lowest BCUT2D eigenvalue weighted by Crippen LogP contribution is -1.76. The Morgan fingerprint density at radius 1 is 0.600 bits per heavy atom. The molecular formula is C28H10N6O2S4. The number of fused-ring (bicyclic) bond motifs is 3. The van der Waals surface area contributed by atoms with E-state index in [2.05, 4.69) is 22.1 Å². The molecule has 0 aliphatic rings. The number of hydrogen-bond acceptors (Lipinski definition) is 12. The van der Waals surface area contributed by atoms with Crippen LogP contribution in [0, 0.1) is 22.7 Å². The summed E-state index contributed by atoms with van der Waals surface area (Å²) in [4.78, 5) is 23.4. The summed E-state index contributed by atoms with van der Waals surface area (Å²) < 4.78 is 12.3. The van der Waals surface area contributed by atoms with Crippen molar-refractivity contribution >= 4 is 78.3 Å². The van der Waals surface area contributed by atoms with Gasteiger partial charge >= 0.3 is 0 Å². The zero-order valence-electron chi connectivity index (χ0n) is 19.9. The van der Waals surface area contributed by atoms with Crippen LogP contribution in [0.4, 0.5) is 0 Å². The van der Waals surface area contributed by atoms with Crippen LogP contribution in [0.15, 0.2) is 69.8 Å². The summed E-state index contributed by atoms with van der Waals surface area (Å²) in [6.07, 6.45) is 3.47. The number of hydrogen-bond donors (Lipinski definition) is 0. The maximum absolute atomic E-state index is 9.10. The Kier molecular flexibility index (Phi) is 5.17. The molecule has 12 heteroatoms. The maximum Gasteiger partial charge on any atom is 0.239 e. The lowest BCUT2D eigenvalue weighted by molar-refractivity contribution is 0.621. The minimum absolute atomic E-state index is 0.441. The van der Waals surface area contributed by atoms with Crippen LogP contribution in [0.1, 0.15) is 9.88 Å². The molecule has 8 aromatic rings. The Hall–Kier alpha value is -4.72. The zero-order valence-corrected chi connectivity index (χ0v) is 23.2. The fraction of sp³-hybridized carbons (Fsp3) is 0. The summed E-state index contributed by atoms with van der Waals surface area (Å²) in [6.45, 7) is 0. The smallest absolute Gasteiger partial charge is 0.239 e. The lowest BCUT2D eigenvalue weighted by Gasteiger charge is -1.96. The molecule has 8 nitrogen and oxygen atoms in total. The van der Waals surface area contributed by atoms with E-state index in [0.29, 0.717) is 32.8 Å². The standard InChI is InChI=1S/C28H10N6O2S4/c29-9-15-1-2-22(37-15)28-32-12-24(40-28)27-34-17-6-14-7-18-16(5-13(14)8-19(17)36-27)33-26(35-18)21-4-3-20(38-21)23-11-31-25(10-30)39-23/h1-8,11-12H. The summed E-state index contributed by atoms with van der Waals surface area (Å²) >= 11 is 5.81. The van der Waals surface area contributed by atoms with Crippen molar-refractivity contribution in [1.29, 1.82) is 10.5 Å². The Labute approximate surface area is 240 Å². The predicted molar refractivity (Wildman–Crippen MR) is 157 cm³/mol. The second-order valence-corrected chi connectivity index (χ2v) is 12.9. The Morgan fingerprint density at radius 3 is 1.95 bits per heavy atom. The monoisotopic (exact) mass is 590 g/mol. The molecule has 6 heterocycles. The molecule has 0 amide bonds. The number of benzene rings is 2. The van der Waals surface area contributed by atoms with Crippen LogP contribution in [0.3, 0.4) is 0 Å². The van der Waals surface area contributed by atoms with E-state index in [-0.39, 0.29) is 0 Å². The minimum atomic E-state index is 0.441. The van der Waals surface area contributed by atoms with Crippen LogP contribution in [0.25, 0.3) is 74.1 Å². The fourth-order valence-corrected chi connectivity index (χ4v) is 7.76. The van der Waals surface area contributed by atoms with Crippen molar-refractivity contribution < 1.29 is 8.83 Å². The van der Waals surface area contributed by atoms with Gasteiger partial charge in [-0.25, -0.2) is 19.9 Å². The van der Waals surface area contributed by atoms with Gasteiger partial charge in [0.15, 0.2) is 16.2 Å². The van der Waals surface area contributed by atoms with Crippen molar-refractivity contribution in [3.05, 3.63) is 70.8 Å². The normalized spacial score (nSPS) is 11.4. The van der Waals surface area contributed by atoms with Crippen molar-refractivity contribution in [2.75, 3.05) is 0 Å². The van der Waals surface area contributed by atoms with Gasteiger partial charge in [-0.05, 0) is 59.3 Å². The largest absolute Gasteiger partial charge is 0.435 e. The van der Waals surface area contributed by atoms with Crippen LogP contribution >= 0.6 is 45.3 Å². The number of nitrogens with zero attached hydrogens (tertiary/aromatic N) is 6. The highest BCUT2D eigenvalue weighted by molar-refractivity contribution is 7.24. The van der Waals surface area contributed by atoms with E-state index in [9.17, 15) is 0 Å². The van der Waals surface area contributed by atoms with Gasteiger partial charge in [0.05, 0.1) is 20.8 Å². The van der Waals surface area contributed by atoms with Gasteiger partial charge in [0.1, 0.15) is 37.9 Å². The molecule has 0 bridgehead atoms. The summed E-state index contributed by atoms with van der Waals surface area (Å²) in [6, 6.07) is 19.8. The van der Waals surface area contributed by atoms with Gasteiger partial charge in [-0.3, -0.25) is 0 Å². The summed E-state index contributed by atoms with van der Waals surface area (Å²) in [5.41, 5.74) is 2.85. The van der Waals surface area contributed by atoms with E-state index < -0.39 is 0 Å². The SMILES string of the molecule is N#Cc1ccc(-c2ncc(-c3nc4cc5cc6oc(-c7ccc(-c8cnc(C#N)s8)s7)nc6cc5cc4o3)s2)s1. The Morgan fingerprint density at radius 2 is 1.27 bits per heavy atom. The minimum Gasteiger partial charge on any atom is -0.435 e. The van der Waals surface area contributed by atoms with E-state index in [1.165, 1.54) is 34.0 Å². The molecule has 188 valence electrons. The molecule has 2 aromatic carbocycles. The van der Waals surface area contributed by atoms with Gasteiger partial charge in [0.25, 0.3) is 0 Å². The topological polar surface area (TPSA) is 125 Å². The highest BCUT2D eigenvalue weighted by Crippen LogP contribution is 2.39. The number of aromatic nitrogens is 4. The maximum atomic E-state index is 9.10. The zero-order chi connectivity index (χ0) is 26.8. The van der Waals surface area contributed by atoms with Crippen LogP contribution in [0.2, 0.25) is 0 Å². The van der Waals surface area contributed by atoms with Gasteiger partial charge in [-0.15, -0.1) is 45.3 Å². The van der Waals surface area contributed by atoms with Crippen LogP contribution < -0.4 is 0 Å². The highest BCUT2D eigenvalue weighted by Gasteiger charge is 2.17. The average molecular weight is 591 g/mol. The number of rotatable bonds is 4. The molecule has 0 N–H and O–H groups in total. The van der Waals surface area contributed by atoms with Crippen molar-refractivity contribution in [3.8, 4) is 53.3 Å². The van der Waals surface area contributed by atoms with E-state index in [4.69, 9.17) is 29.3 Å². The van der Waals surface area contributed by atoms with Crippen molar-refractivity contribution in [2.24, 2.45) is 0 Å². The van der Waals surface area contributed by atoms with Crippen LogP contribution in [0.5, 0.6) is 0 Å². The first-order valence-electron chi connectivity index (χ1n) is 11.7. The van der Waals surface area contributed by atoms with E-state index >= 15 is 0 Å². The summed E-state index contributed by atoms with van der Waals surface area (Å²) in [7, 11) is 0. The fourth-order valence-electron chi connectivity index (χ4n) is 4.33. The van der Waals surface area contributed by atoms with Gasteiger partial charge in [-0.1, -0.05) is 0 Å². The molecule has 0 aliphatic heterocycles. The summed E-state index contributed by atoms with van der Waals surface area (Å²) in [5, 5.41) is 21.4. The molecular weight excluding hydrogens is 581 g/mol. The Balaban J connectivity index is 1.13. The van der Waals surface area contributed by atoms with Gasteiger partial charge in [0.2, 0.25) is 11.8 Å². The molecule has 0 spiro atoms. The predicted octanol–water partition coefficient (Wildman–Crippen LogP) is 8.57. The highest BCUT2D eigenvalue weighted by atomic mass is 32.1. The molecule has 40 heavy (non-hydrogen) atoms. The molecule has 8 rings (SSSR count). The van der Waals surface area contributed by atoms with Crippen molar-refractivity contribution in [3.63, 3.8) is 0 Å². The third-order valence-corrected chi connectivity index (χ3v) is 10.5. The first-order chi connectivity index (χ1) is 19.6. The molecule has 0 aliphatic carbocycles. The first kappa shape index (κ1) is 23.2. The molecule has 0 radical (unpaired) electrons. The van der Waals surface area contributed by atoms with Gasteiger partial charge in [0, 0.05) is 11.1 Å². The first-order valence-corrected chi connectivity index (χ1v) is 15.0. The summed E-state index contributed by atoms with van der Waals surface area (Å²) in [5.74, 6) is 1.05. The quantitative estimate of drug-likeness (QED) is 0.199. The average Bonchev–Trinajstić information content (AvgIpc) is 3.81. The third-order valence-electron chi connectivity index (χ3n) is 6.16. The van der Waals surface area contributed by atoms with Crippen molar-refractivity contribution in [1.82, 2.24) is 19.9 Å². The molecule has 6 aromatic heterocycles. The number of thiazole rings is 2. The number of nitriles is 2. The molecule has 0 fully saturated rings. The number of thiophene rings is 2. The van der Waals surface area contributed by atoms with E-state index in [1.807, 2.05) is 42.5 Å². The van der Waals surface area contributed by atoms with Crippen LogP contribution in [-0.2, 0) is 0 Å². The Bertz CT molecular complexity index is 2100. The van der Waals surface area contributed by atoms with Gasteiger partial charge < -0.3 is 8.83 Å². The third kappa shape index (κ3) is 3.82. The second-order valence-electron chi connectivity index (χ2n) is 8.64. The molecule has 0 saturated carbocycles. The lowest BCUT2D eigenvalue weighted by atomic mass is 10.1. The number of oxazole rings is 2. The van der Waals surface area contributed by atoms with Crippen LogP contribution in [-0.4, -0.2) is 19.9 Å². The molecule has 0 unspecified atom stereocenters. The van der Waals surface area contributed by atoms with Gasteiger partial charge in [-0.2, -0.15) is 10.5 Å².